The molecule has 0 radical (unpaired) electrons. The standard InChI is InChI=1S/C15H19N3O2/c1-12-2-4-14(5-3-12)15(6-13(7-19)8-20-15)9-18-11-16-10-17-18/h2-5,10-11,13,19H,6-9H2,1H3/t13-,15?/m1/s1. The third-order valence-electron chi connectivity index (χ3n) is 3.93. The van der Waals surface area contributed by atoms with Gasteiger partial charge < -0.3 is 9.84 Å². The second-order valence-electron chi connectivity index (χ2n) is 5.52. The fourth-order valence-corrected chi connectivity index (χ4v) is 2.81. The quantitative estimate of drug-likeness (QED) is 0.917. The van der Waals surface area contributed by atoms with E-state index < -0.39 is 5.60 Å². The molecule has 2 heterocycles. The second-order valence-corrected chi connectivity index (χ2v) is 5.52. The fraction of sp³-hybridized carbons (Fsp3) is 0.467. The summed E-state index contributed by atoms with van der Waals surface area (Å²) >= 11 is 0. The Hall–Kier alpha value is -1.72. The summed E-state index contributed by atoms with van der Waals surface area (Å²) in [6.45, 7) is 3.43. The number of hydrogen-bond acceptors (Lipinski definition) is 4. The van der Waals surface area contributed by atoms with E-state index in [4.69, 9.17) is 4.74 Å². The number of rotatable bonds is 4. The molecular formula is C15H19N3O2. The molecule has 0 bridgehead atoms. The van der Waals surface area contributed by atoms with E-state index in [1.165, 1.54) is 11.9 Å². The average Bonchev–Trinajstić information content (AvgIpc) is 3.10. The monoisotopic (exact) mass is 273 g/mol. The molecule has 20 heavy (non-hydrogen) atoms. The van der Waals surface area contributed by atoms with Crippen molar-refractivity contribution < 1.29 is 9.84 Å². The summed E-state index contributed by atoms with van der Waals surface area (Å²) in [7, 11) is 0. The fourth-order valence-electron chi connectivity index (χ4n) is 2.81. The lowest BCUT2D eigenvalue weighted by molar-refractivity contribution is -0.0181. The Morgan fingerprint density at radius 2 is 2.20 bits per heavy atom. The Balaban J connectivity index is 1.93. The molecule has 1 aliphatic rings. The Morgan fingerprint density at radius 1 is 1.40 bits per heavy atom. The zero-order valence-corrected chi connectivity index (χ0v) is 11.6. The molecule has 0 spiro atoms. The molecule has 1 aromatic carbocycles. The SMILES string of the molecule is Cc1ccc(C2(Cn3cncn3)C[C@H](CO)CO2)cc1. The van der Waals surface area contributed by atoms with Gasteiger partial charge in [-0.3, -0.25) is 0 Å². The summed E-state index contributed by atoms with van der Waals surface area (Å²) in [4.78, 5) is 3.99. The van der Waals surface area contributed by atoms with Gasteiger partial charge in [0.15, 0.2) is 0 Å². The van der Waals surface area contributed by atoms with Gasteiger partial charge >= 0.3 is 0 Å². The van der Waals surface area contributed by atoms with Crippen LogP contribution < -0.4 is 0 Å². The third kappa shape index (κ3) is 2.46. The van der Waals surface area contributed by atoms with Crippen LogP contribution in [0.25, 0.3) is 0 Å². The van der Waals surface area contributed by atoms with Crippen LogP contribution >= 0.6 is 0 Å². The van der Waals surface area contributed by atoms with E-state index in [1.54, 1.807) is 11.0 Å². The first-order chi connectivity index (χ1) is 9.72. The minimum atomic E-state index is -0.422. The normalized spacial score (nSPS) is 26.0. The molecule has 3 rings (SSSR count). The lowest BCUT2D eigenvalue weighted by Gasteiger charge is -2.29. The van der Waals surface area contributed by atoms with Crippen LogP contribution in [0.3, 0.4) is 0 Å². The maximum atomic E-state index is 9.40. The van der Waals surface area contributed by atoms with Gasteiger partial charge in [0.25, 0.3) is 0 Å². The summed E-state index contributed by atoms with van der Waals surface area (Å²) in [5.74, 6) is 0.180. The van der Waals surface area contributed by atoms with E-state index in [9.17, 15) is 5.11 Å². The van der Waals surface area contributed by atoms with E-state index in [-0.39, 0.29) is 12.5 Å². The van der Waals surface area contributed by atoms with E-state index in [0.29, 0.717) is 13.2 Å². The van der Waals surface area contributed by atoms with Gasteiger partial charge in [-0.15, -0.1) is 0 Å². The highest BCUT2D eigenvalue weighted by Crippen LogP contribution is 2.40. The number of benzene rings is 1. The Bertz CT molecular complexity index is 553. The zero-order chi connectivity index (χ0) is 14.0. The van der Waals surface area contributed by atoms with Gasteiger partial charge in [-0.25, -0.2) is 9.67 Å². The Labute approximate surface area is 118 Å². The summed E-state index contributed by atoms with van der Waals surface area (Å²) in [5, 5.41) is 13.6. The summed E-state index contributed by atoms with van der Waals surface area (Å²) in [6, 6.07) is 8.39. The van der Waals surface area contributed by atoms with Crippen molar-refractivity contribution in [2.45, 2.75) is 25.5 Å². The molecule has 2 atom stereocenters. The van der Waals surface area contributed by atoms with Crippen LogP contribution in [0, 0.1) is 12.8 Å². The van der Waals surface area contributed by atoms with Gasteiger partial charge in [-0.2, -0.15) is 5.10 Å². The lowest BCUT2D eigenvalue weighted by atomic mass is 9.87. The van der Waals surface area contributed by atoms with Gasteiger partial charge in [0.1, 0.15) is 18.3 Å². The van der Waals surface area contributed by atoms with Crippen molar-refractivity contribution in [3.8, 4) is 0 Å². The first kappa shape index (κ1) is 13.3. The molecule has 0 amide bonds. The van der Waals surface area contributed by atoms with Crippen LogP contribution in [-0.4, -0.2) is 33.1 Å². The number of aromatic nitrogens is 3. The van der Waals surface area contributed by atoms with Crippen molar-refractivity contribution >= 4 is 0 Å². The third-order valence-corrected chi connectivity index (χ3v) is 3.93. The number of ether oxygens (including phenoxy) is 1. The highest BCUT2D eigenvalue weighted by molar-refractivity contribution is 5.27. The number of aliphatic hydroxyl groups is 1. The topological polar surface area (TPSA) is 60.2 Å². The van der Waals surface area contributed by atoms with Gasteiger partial charge in [0.2, 0.25) is 0 Å². The Morgan fingerprint density at radius 3 is 2.80 bits per heavy atom. The Kier molecular flexibility index (Phi) is 3.54. The first-order valence-corrected chi connectivity index (χ1v) is 6.86. The van der Waals surface area contributed by atoms with Gasteiger partial charge in [-0.1, -0.05) is 29.8 Å². The minimum absolute atomic E-state index is 0.158. The molecule has 0 aliphatic carbocycles. The van der Waals surface area contributed by atoms with E-state index >= 15 is 0 Å². The highest BCUT2D eigenvalue weighted by atomic mass is 16.5. The molecule has 106 valence electrons. The molecule has 1 aliphatic heterocycles. The molecule has 5 heteroatoms. The molecule has 5 nitrogen and oxygen atoms in total. The molecule has 1 N–H and O–H groups in total. The van der Waals surface area contributed by atoms with E-state index in [1.807, 2.05) is 0 Å². The molecule has 1 aromatic heterocycles. The zero-order valence-electron chi connectivity index (χ0n) is 11.6. The summed E-state index contributed by atoms with van der Waals surface area (Å²) in [6.07, 6.45) is 4.03. The van der Waals surface area contributed by atoms with Crippen molar-refractivity contribution in [1.29, 1.82) is 0 Å². The number of aryl methyl sites for hydroxylation is 1. The minimum Gasteiger partial charge on any atom is -0.396 e. The van der Waals surface area contributed by atoms with E-state index in [2.05, 4.69) is 41.3 Å². The van der Waals surface area contributed by atoms with Gasteiger partial charge in [0, 0.05) is 12.5 Å². The maximum absolute atomic E-state index is 9.40. The van der Waals surface area contributed by atoms with Crippen molar-refractivity contribution in [1.82, 2.24) is 14.8 Å². The molecular weight excluding hydrogens is 254 g/mol. The van der Waals surface area contributed by atoms with Crippen molar-refractivity contribution in [3.63, 3.8) is 0 Å². The summed E-state index contributed by atoms with van der Waals surface area (Å²) < 4.78 is 7.89. The predicted octanol–water partition coefficient (Wildman–Crippen LogP) is 1.51. The van der Waals surface area contributed by atoms with Crippen molar-refractivity contribution in [2.75, 3.05) is 13.2 Å². The number of aliphatic hydroxyl groups excluding tert-OH is 1. The van der Waals surface area contributed by atoms with Crippen molar-refractivity contribution in [2.24, 2.45) is 5.92 Å². The van der Waals surface area contributed by atoms with Crippen LogP contribution in [0.1, 0.15) is 17.5 Å². The molecule has 1 fully saturated rings. The first-order valence-electron chi connectivity index (χ1n) is 6.86. The van der Waals surface area contributed by atoms with Gasteiger partial charge in [-0.05, 0) is 18.9 Å². The highest BCUT2D eigenvalue weighted by Gasteiger charge is 2.42. The van der Waals surface area contributed by atoms with Gasteiger partial charge in [0.05, 0.1) is 13.2 Å². The van der Waals surface area contributed by atoms with Crippen LogP contribution in [0.5, 0.6) is 0 Å². The molecule has 2 aromatic rings. The second kappa shape index (κ2) is 5.34. The largest absolute Gasteiger partial charge is 0.396 e. The number of hydrogen-bond donors (Lipinski definition) is 1. The summed E-state index contributed by atoms with van der Waals surface area (Å²) in [5.41, 5.74) is 1.94. The maximum Gasteiger partial charge on any atom is 0.137 e. The molecule has 0 saturated carbocycles. The van der Waals surface area contributed by atoms with Crippen LogP contribution in [0.15, 0.2) is 36.9 Å². The van der Waals surface area contributed by atoms with Crippen LogP contribution in [0.4, 0.5) is 0 Å². The van der Waals surface area contributed by atoms with E-state index in [0.717, 1.165) is 12.0 Å². The molecule has 1 unspecified atom stereocenters. The van der Waals surface area contributed by atoms with Crippen LogP contribution in [-0.2, 0) is 16.9 Å². The van der Waals surface area contributed by atoms with Crippen LogP contribution in [0.2, 0.25) is 0 Å². The lowest BCUT2D eigenvalue weighted by Crippen LogP contribution is -2.31. The average molecular weight is 273 g/mol. The predicted molar refractivity (Wildman–Crippen MR) is 74.0 cm³/mol. The van der Waals surface area contributed by atoms with Crippen molar-refractivity contribution in [3.05, 3.63) is 48.0 Å². The molecule has 1 saturated heterocycles. The number of nitrogens with zero attached hydrogens (tertiary/aromatic N) is 3. The smallest absolute Gasteiger partial charge is 0.137 e.